The average Bonchev–Trinajstić information content (AvgIpc) is 2.86. The maximum Gasteiger partial charge on any atom is 0.306 e. The largest absolute Gasteiger partial charge is 0.481 e. The Morgan fingerprint density at radius 1 is 1.27 bits per heavy atom. The van der Waals surface area contributed by atoms with Crippen LogP contribution in [-0.4, -0.2) is 37.7 Å². The number of hydrogen-bond donors (Lipinski definition) is 2. The highest BCUT2D eigenvalue weighted by Crippen LogP contribution is 2.26. The molecule has 2 rings (SSSR count). The Balaban J connectivity index is 2.13. The van der Waals surface area contributed by atoms with Gasteiger partial charge in [-0.3, -0.25) is 9.59 Å². The first-order valence-corrected chi connectivity index (χ1v) is 8.92. The van der Waals surface area contributed by atoms with Crippen LogP contribution in [0.2, 0.25) is 0 Å². The summed E-state index contributed by atoms with van der Waals surface area (Å²) in [6.45, 7) is 1.67. The molecule has 0 aliphatic heterocycles. The summed E-state index contributed by atoms with van der Waals surface area (Å²) in [6, 6.07) is 4.35. The van der Waals surface area contributed by atoms with Crippen LogP contribution in [0, 0.1) is 12.8 Å². The summed E-state index contributed by atoms with van der Waals surface area (Å²) >= 11 is 0. The van der Waals surface area contributed by atoms with Gasteiger partial charge in [-0.05, 0) is 43.9 Å². The normalized spacial score (nSPS) is 21.5. The van der Waals surface area contributed by atoms with E-state index < -0.39 is 21.7 Å². The molecule has 0 radical (unpaired) electrons. The summed E-state index contributed by atoms with van der Waals surface area (Å²) in [4.78, 5) is 23.3. The van der Waals surface area contributed by atoms with Gasteiger partial charge in [0.2, 0.25) is 0 Å². The number of amides is 1. The predicted molar refractivity (Wildman–Crippen MR) is 80.5 cm³/mol. The summed E-state index contributed by atoms with van der Waals surface area (Å²) in [5, 5.41) is 11.7. The van der Waals surface area contributed by atoms with Gasteiger partial charge in [-0.15, -0.1) is 0 Å². The maximum absolute atomic E-state index is 12.2. The molecule has 1 fully saturated rings. The molecule has 0 saturated heterocycles. The minimum absolute atomic E-state index is 0.134. The highest BCUT2D eigenvalue weighted by Gasteiger charge is 2.30. The molecule has 0 spiro atoms. The Bertz CT molecular complexity index is 711. The lowest BCUT2D eigenvalue weighted by Crippen LogP contribution is -2.33. The van der Waals surface area contributed by atoms with E-state index in [-0.39, 0.29) is 22.4 Å². The minimum Gasteiger partial charge on any atom is -0.481 e. The molecule has 1 aromatic rings. The number of benzene rings is 1. The van der Waals surface area contributed by atoms with Crippen molar-refractivity contribution in [1.29, 1.82) is 0 Å². The van der Waals surface area contributed by atoms with Gasteiger partial charge in [0.05, 0.1) is 10.8 Å². The van der Waals surface area contributed by atoms with Gasteiger partial charge in [0.15, 0.2) is 9.84 Å². The first-order valence-electron chi connectivity index (χ1n) is 7.03. The van der Waals surface area contributed by atoms with Crippen LogP contribution in [0.5, 0.6) is 0 Å². The van der Waals surface area contributed by atoms with E-state index in [0.29, 0.717) is 24.8 Å². The molecular formula is C15H19NO5S. The van der Waals surface area contributed by atoms with E-state index in [1.165, 1.54) is 6.07 Å². The van der Waals surface area contributed by atoms with Gasteiger partial charge in [0, 0.05) is 17.9 Å². The quantitative estimate of drug-likeness (QED) is 0.871. The van der Waals surface area contributed by atoms with E-state index >= 15 is 0 Å². The number of carbonyl (C=O) groups is 2. The summed E-state index contributed by atoms with van der Waals surface area (Å²) in [6.07, 6.45) is 2.67. The third-order valence-corrected chi connectivity index (χ3v) is 5.21. The summed E-state index contributed by atoms with van der Waals surface area (Å²) < 4.78 is 23.4. The van der Waals surface area contributed by atoms with E-state index in [1.54, 1.807) is 19.1 Å². The lowest BCUT2D eigenvalue weighted by atomic mass is 10.1. The fraction of sp³-hybridized carbons (Fsp3) is 0.467. The van der Waals surface area contributed by atoms with Crippen molar-refractivity contribution in [2.24, 2.45) is 5.92 Å². The van der Waals surface area contributed by atoms with Crippen LogP contribution in [0.4, 0.5) is 0 Å². The molecule has 1 aromatic carbocycles. The predicted octanol–water partition coefficient (Wildman–Crippen LogP) is 1.38. The zero-order chi connectivity index (χ0) is 16.5. The van der Waals surface area contributed by atoms with Crippen molar-refractivity contribution >= 4 is 21.7 Å². The number of aryl methyl sites for hydroxylation is 1. The van der Waals surface area contributed by atoms with Crippen molar-refractivity contribution in [3.63, 3.8) is 0 Å². The molecule has 6 nitrogen and oxygen atoms in total. The zero-order valence-corrected chi connectivity index (χ0v) is 13.3. The second-order valence-electron chi connectivity index (χ2n) is 5.77. The molecular weight excluding hydrogens is 306 g/mol. The number of aliphatic carboxylic acids is 1. The van der Waals surface area contributed by atoms with Gasteiger partial charge >= 0.3 is 5.97 Å². The molecule has 22 heavy (non-hydrogen) atoms. The Hall–Kier alpha value is -1.89. The van der Waals surface area contributed by atoms with E-state index in [2.05, 4.69) is 5.32 Å². The molecule has 1 saturated carbocycles. The van der Waals surface area contributed by atoms with Crippen molar-refractivity contribution in [2.45, 2.75) is 37.1 Å². The highest BCUT2D eigenvalue weighted by molar-refractivity contribution is 7.90. The van der Waals surface area contributed by atoms with Crippen LogP contribution in [0.15, 0.2) is 23.1 Å². The van der Waals surface area contributed by atoms with Crippen molar-refractivity contribution in [1.82, 2.24) is 5.32 Å². The van der Waals surface area contributed by atoms with Crippen molar-refractivity contribution in [2.75, 3.05) is 6.26 Å². The van der Waals surface area contributed by atoms with Crippen LogP contribution >= 0.6 is 0 Å². The molecule has 1 aliphatic rings. The number of carbonyl (C=O) groups excluding carboxylic acids is 1. The van der Waals surface area contributed by atoms with Gasteiger partial charge in [-0.25, -0.2) is 8.42 Å². The minimum atomic E-state index is -3.39. The second kappa shape index (κ2) is 6.08. The smallest absolute Gasteiger partial charge is 0.306 e. The summed E-state index contributed by atoms with van der Waals surface area (Å²) in [5.41, 5.74) is 0.857. The third kappa shape index (κ3) is 3.65. The SMILES string of the molecule is Cc1ccc(C(=O)N[C@H]2CC[C@@H](C(=O)O)C2)cc1S(C)(=O)=O. The number of hydrogen-bond acceptors (Lipinski definition) is 4. The molecule has 7 heteroatoms. The van der Waals surface area contributed by atoms with Crippen LogP contribution in [0.1, 0.15) is 35.2 Å². The molecule has 2 atom stereocenters. The van der Waals surface area contributed by atoms with Crippen LogP contribution < -0.4 is 5.32 Å². The van der Waals surface area contributed by atoms with Crippen molar-refractivity contribution < 1.29 is 23.1 Å². The number of nitrogens with one attached hydrogen (secondary N) is 1. The first kappa shape index (κ1) is 16.5. The standard InChI is InChI=1S/C15H19NO5S/c1-9-3-4-10(8-13(9)22(2,20)21)14(17)16-12-6-5-11(7-12)15(18)19/h3-4,8,11-12H,5-7H2,1-2H3,(H,16,17)(H,18,19)/t11-,12+/m1/s1. The van der Waals surface area contributed by atoms with Gasteiger partial charge < -0.3 is 10.4 Å². The van der Waals surface area contributed by atoms with Crippen LogP contribution in [-0.2, 0) is 14.6 Å². The first-order chi connectivity index (χ1) is 10.2. The molecule has 1 aliphatic carbocycles. The Morgan fingerprint density at radius 2 is 1.95 bits per heavy atom. The van der Waals surface area contributed by atoms with Crippen molar-refractivity contribution in [3.8, 4) is 0 Å². The third-order valence-electron chi connectivity index (χ3n) is 3.97. The van der Waals surface area contributed by atoms with Crippen LogP contribution in [0.25, 0.3) is 0 Å². The van der Waals surface area contributed by atoms with Gasteiger partial charge in [-0.2, -0.15) is 0 Å². The number of carboxylic acids is 1. The van der Waals surface area contributed by atoms with E-state index in [0.717, 1.165) is 6.26 Å². The van der Waals surface area contributed by atoms with Crippen LogP contribution in [0.3, 0.4) is 0 Å². The van der Waals surface area contributed by atoms with E-state index in [9.17, 15) is 18.0 Å². The highest BCUT2D eigenvalue weighted by atomic mass is 32.2. The number of rotatable bonds is 4. The average molecular weight is 325 g/mol. The Labute approximate surface area is 129 Å². The molecule has 0 unspecified atom stereocenters. The van der Waals surface area contributed by atoms with E-state index in [1.807, 2.05) is 0 Å². The molecule has 0 aromatic heterocycles. The topological polar surface area (TPSA) is 101 Å². The summed E-state index contributed by atoms with van der Waals surface area (Å²) in [7, 11) is -3.39. The Kier molecular flexibility index (Phi) is 4.55. The zero-order valence-electron chi connectivity index (χ0n) is 12.5. The lowest BCUT2D eigenvalue weighted by molar-refractivity contribution is -0.141. The maximum atomic E-state index is 12.2. The monoisotopic (exact) mass is 325 g/mol. The summed E-state index contributed by atoms with van der Waals surface area (Å²) in [5.74, 6) is -1.64. The fourth-order valence-corrected chi connectivity index (χ4v) is 3.74. The molecule has 0 heterocycles. The lowest BCUT2D eigenvalue weighted by Gasteiger charge is -2.13. The molecule has 1 amide bonds. The molecule has 2 N–H and O–H groups in total. The molecule has 120 valence electrons. The molecule has 0 bridgehead atoms. The van der Waals surface area contributed by atoms with Crippen molar-refractivity contribution in [3.05, 3.63) is 29.3 Å². The fourth-order valence-electron chi connectivity index (χ4n) is 2.75. The Morgan fingerprint density at radius 3 is 2.50 bits per heavy atom. The second-order valence-corrected chi connectivity index (χ2v) is 7.76. The number of sulfone groups is 1. The van der Waals surface area contributed by atoms with Gasteiger partial charge in [-0.1, -0.05) is 6.07 Å². The number of carboxylic acid groups (broad SMARTS) is 1. The van der Waals surface area contributed by atoms with Gasteiger partial charge in [0.1, 0.15) is 0 Å². The van der Waals surface area contributed by atoms with E-state index in [4.69, 9.17) is 5.11 Å². The van der Waals surface area contributed by atoms with Gasteiger partial charge in [0.25, 0.3) is 5.91 Å².